The molecule has 1 unspecified atom stereocenters. The highest BCUT2D eigenvalue weighted by Crippen LogP contribution is 2.43. The van der Waals surface area contributed by atoms with Crippen LogP contribution in [0, 0.1) is 11.3 Å². The van der Waals surface area contributed by atoms with Crippen LogP contribution < -0.4 is 5.32 Å². The number of rotatable bonds is 12. The molecule has 0 aromatic carbocycles. The summed E-state index contributed by atoms with van der Waals surface area (Å²) in [4.78, 5) is 36.6. The first-order chi connectivity index (χ1) is 19.7. The minimum Gasteiger partial charge on any atom is -0.478 e. The number of ketones is 1. The van der Waals surface area contributed by atoms with Gasteiger partial charge in [0.1, 0.15) is 24.8 Å². The van der Waals surface area contributed by atoms with Crippen LogP contribution >= 0.6 is 0 Å². The number of nitrogens with one attached hydrogen (secondary N) is 1. The number of hydrogen-bond donors (Lipinski definition) is 4. The number of aliphatic carboxylic acids is 1. The summed E-state index contributed by atoms with van der Waals surface area (Å²) in [5.74, 6) is -4.18. The molecule has 9 atom stereocenters. The van der Waals surface area contributed by atoms with E-state index in [1.807, 2.05) is 20.8 Å². The normalized spacial score (nSPS) is 35.6. The first kappa shape index (κ1) is 34.0. The van der Waals surface area contributed by atoms with Gasteiger partial charge in [-0.15, -0.1) is 0 Å². The number of allylic oxidation sites excluding steroid dienone is 3. The van der Waals surface area contributed by atoms with Crippen LogP contribution in [0.3, 0.4) is 0 Å². The summed E-state index contributed by atoms with van der Waals surface area (Å²) in [7, 11) is 1.54. The molecule has 3 heterocycles. The van der Waals surface area contributed by atoms with E-state index in [0.717, 1.165) is 6.08 Å². The summed E-state index contributed by atoms with van der Waals surface area (Å²) in [6, 6.07) is 0. The number of aliphatic hydroxyl groups is 2. The highest BCUT2D eigenvalue weighted by atomic mass is 16.7. The molecule has 0 aromatic heterocycles. The van der Waals surface area contributed by atoms with Gasteiger partial charge in [-0.05, 0) is 19.8 Å². The standard InChI is InChI=1S/C30H45NO11/c1-17-15-30(37,42-19(3)18(17)2)25(35)27(36)31-28-24-23(39-16-40-28)26(38-6)29(4,5)21(41-24)14-20(32)12-10-8-7-9-11-13-22(33)34/h7,9,11,13,18-19,21,23-26,28,35,37H,1,8,10,12,14-16H2,2-6H3,(H,31,36)(H,33,34)/b9-7+,13-11+/t18-,19-,21-,23?,24+,25-,26-,28+,30-/m1/s1. The Morgan fingerprint density at radius 2 is 1.90 bits per heavy atom. The van der Waals surface area contributed by atoms with Gasteiger partial charge in [-0.25, -0.2) is 4.79 Å². The van der Waals surface area contributed by atoms with E-state index in [0.29, 0.717) is 24.8 Å². The Labute approximate surface area is 246 Å². The third kappa shape index (κ3) is 7.93. The molecular formula is C30H45NO11. The molecule has 0 saturated carbocycles. The lowest BCUT2D eigenvalue weighted by atomic mass is 9.72. The second kappa shape index (κ2) is 14.3. The molecule has 0 aromatic rings. The maximum absolute atomic E-state index is 13.1. The SMILES string of the molecule is C=C1C[C@](O)([C@H](O)C(=O)N[C@H]2OCOC3[C@@H](OC)C(C)(C)[C@@H](CC(=O)CCC/C=C/C=C/C(=O)O)O[C@@H]32)O[C@H](C)[C@@H]1C. The Kier molecular flexibility index (Phi) is 11.6. The van der Waals surface area contributed by atoms with E-state index in [9.17, 15) is 24.6 Å². The van der Waals surface area contributed by atoms with Crippen molar-refractivity contribution in [1.82, 2.24) is 5.32 Å². The van der Waals surface area contributed by atoms with Gasteiger partial charge in [0.25, 0.3) is 5.91 Å². The first-order valence-corrected chi connectivity index (χ1v) is 14.3. The van der Waals surface area contributed by atoms with Crippen molar-refractivity contribution in [3.63, 3.8) is 0 Å². The topological polar surface area (TPSA) is 170 Å². The molecule has 0 bridgehead atoms. The molecule has 3 saturated heterocycles. The Morgan fingerprint density at radius 3 is 2.55 bits per heavy atom. The monoisotopic (exact) mass is 595 g/mol. The van der Waals surface area contributed by atoms with Crippen molar-refractivity contribution in [3.05, 3.63) is 36.5 Å². The smallest absolute Gasteiger partial charge is 0.328 e. The van der Waals surface area contributed by atoms with Gasteiger partial charge in [-0.1, -0.05) is 51.2 Å². The van der Waals surface area contributed by atoms with Crippen LogP contribution in [-0.4, -0.2) is 95.5 Å². The molecule has 3 aliphatic rings. The van der Waals surface area contributed by atoms with Crippen LogP contribution in [0.4, 0.5) is 0 Å². The number of carboxylic acids is 1. The van der Waals surface area contributed by atoms with Crippen LogP contribution in [0.2, 0.25) is 0 Å². The van der Waals surface area contributed by atoms with Crippen molar-refractivity contribution in [2.24, 2.45) is 11.3 Å². The molecule has 3 fully saturated rings. The van der Waals surface area contributed by atoms with Crippen LogP contribution in [0.5, 0.6) is 0 Å². The molecule has 12 heteroatoms. The summed E-state index contributed by atoms with van der Waals surface area (Å²) in [5, 5.41) is 33.0. The fourth-order valence-electron chi connectivity index (χ4n) is 5.71. The summed E-state index contributed by atoms with van der Waals surface area (Å²) >= 11 is 0. The number of ether oxygens (including phenoxy) is 5. The number of fused-ring (bicyclic) bond motifs is 1. The molecule has 236 valence electrons. The van der Waals surface area contributed by atoms with Crippen LogP contribution in [-0.2, 0) is 38.1 Å². The number of amides is 1. The van der Waals surface area contributed by atoms with Gasteiger partial charge in [0.15, 0.2) is 12.3 Å². The van der Waals surface area contributed by atoms with Crippen molar-refractivity contribution >= 4 is 17.7 Å². The Balaban J connectivity index is 1.66. The molecule has 42 heavy (non-hydrogen) atoms. The molecule has 0 aliphatic carbocycles. The molecule has 12 nitrogen and oxygen atoms in total. The lowest BCUT2D eigenvalue weighted by molar-refractivity contribution is -0.330. The maximum atomic E-state index is 13.1. The van der Waals surface area contributed by atoms with Gasteiger partial charge >= 0.3 is 5.97 Å². The molecule has 3 aliphatic heterocycles. The van der Waals surface area contributed by atoms with E-state index in [-0.39, 0.29) is 31.3 Å². The van der Waals surface area contributed by atoms with E-state index in [2.05, 4.69) is 11.9 Å². The summed E-state index contributed by atoms with van der Waals surface area (Å²) in [6.07, 6.45) is 1.26. The molecule has 4 N–H and O–H groups in total. The minimum atomic E-state index is -2.15. The van der Waals surface area contributed by atoms with Gasteiger partial charge in [-0.2, -0.15) is 0 Å². The molecule has 1 amide bonds. The zero-order chi connectivity index (χ0) is 31.2. The molecular weight excluding hydrogens is 550 g/mol. The third-order valence-corrected chi connectivity index (χ3v) is 8.47. The first-order valence-electron chi connectivity index (χ1n) is 14.3. The van der Waals surface area contributed by atoms with Crippen molar-refractivity contribution in [2.75, 3.05) is 13.9 Å². The van der Waals surface area contributed by atoms with E-state index >= 15 is 0 Å². The van der Waals surface area contributed by atoms with E-state index in [4.69, 9.17) is 28.8 Å². The number of carbonyl (C=O) groups excluding carboxylic acids is 2. The lowest BCUT2D eigenvalue weighted by Crippen LogP contribution is -2.69. The molecule has 0 spiro atoms. The fraction of sp³-hybridized carbons (Fsp3) is 0.700. The Bertz CT molecular complexity index is 1060. The van der Waals surface area contributed by atoms with Crippen LogP contribution in [0.15, 0.2) is 36.5 Å². The predicted molar refractivity (Wildman–Crippen MR) is 150 cm³/mol. The average molecular weight is 596 g/mol. The number of Topliss-reactive ketones (excluding diaryl/α,β-unsaturated/α-hetero) is 1. The highest BCUT2D eigenvalue weighted by Gasteiger charge is 2.57. The molecule has 3 rings (SSSR count). The number of aliphatic hydroxyl groups excluding tert-OH is 1. The maximum Gasteiger partial charge on any atom is 0.328 e. The van der Waals surface area contributed by atoms with Crippen LogP contribution in [0.1, 0.15) is 59.8 Å². The third-order valence-electron chi connectivity index (χ3n) is 8.47. The highest BCUT2D eigenvalue weighted by molar-refractivity contribution is 5.82. The van der Waals surface area contributed by atoms with Crippen molar-refractivity contribution in [3.8, 4) is 0 Å². The summed E-state index contributed by atoms with van der Waals surface area (Å²) in [6.45, 7) is 11.2. The van der Waals surface area contributed by atoms with Crippen molar-refractivity contribution in [1.29, 1.82) is 0 Å². The fourth-order valence-corrected chi connectivity index (χ4v) is 5.71. The van der Waals surface area contributed by atoms with Gasteiger partial charge in [0.2, 0.25) is 5.79 Å². The van der Waals surface area contributed by atoms with E-state index in [1.54, 1.807) is 26.2 Å². The lowest BCUT2D eigenvalue weighted by Gasteiger charge is -2.54. The minimum absolute atomic E-state index is 0.0234. The van der Waals surface area contributed by atoms with Gasteiger partial charge in [0.05, 0.1) is 18.3 Å². The van der Waals surface area contributed by atoms with E-state index in [1.165, 1.54) is 6.08 Å². The van der Waals surface area contributed by atoms with Gasteiger partial charge in [0, 0.05) is 43.8 Å². The summed E-state index contributed by atoms with van der Waals surface area (Å²) < 4.78 is 29.3. The number of hydrogen-bond acceptors (Lipinski definition) is 10. The predicted octanol–water partition coefficient (Wildman–Crippen LogP) is 1.99. The Morgan fingerprint density at radius 1 is 1.19 bits per heavy atom. The summed E-state index contributed by atoms with van der Waals surface area (Å²) in [5.41, 5.74) is 0.0152. The Hall–Kier alpha value is -2.45. The second-order valence-electron chi connectivity index (χ2n) is 11.9. The molecule has 0 radical (unpaired) electrons. The van der Waals surface area contributed by atoms with Crippen molar-refractivity contribution < 1.29 is 53.4 Å². The second-order valence-corrected chi connectivity index (χ2v) is 11.9. The van der Waals surface area contributed by atoms with Gasteiger partial charge < -0.3 is 44.3 Å². The van der Waals surface area contributed by atoms with Gasteiger partial charge in [-0.3, -0.25) is 9.59 Å². The quantitative estimate of drug-likeness (QED) is 0.113. The number of unbranched alkanes of at least 4 members (excludes halogenated alkanes) is 1. The van der Waals surface area contributed by atoms with E-state index < -0.39 is 65.9 Å². The average Bonchev–Trinajstić information content (AvgIpc) is 2.91. The number of methoxy groups -OCH3 is 1. The number of carboxylic acid groups (broad SMARTS) is 1. The van der Waals surface area contributed by atoms with Crippen LogP contribution in [0.25, 0.3) is 0 Å². The zero-order valence-electron chi connectivity index (χ0n) is 25.0. The largest absolute Gasteiger partial charge is 0.478 e. The van der Waals surface area contributed by atoms with Crippen molar-refractivity contribution in [2.45, 2.75) is 108 Å². The zero-order valence-corrected chi connectivity index (χ0v) is 25.0. The number of carbonyl (C=O) groups is 3.